The number of hydrogen-bond acceptors (Lipinski definition) is 2. The van der Waals surface area contributed by atoms with Crippen LogP contribution < -0.4 is 5.73 Å². The van der Waals surface area contributed by atoms with Gasteiger partial charge in [-0.1, -0.05) is 6.42 Å². The van der Waals surface area contributed by atoms with E-state index in [0.29, 0.717) is 5.92 Å². The van der Waals surface area contributed by atoms with Crippen LogP contribution in [-0.4, -0.2) is 10.2 Å². The first-order valence-electron chi connectivity index (χ1n) is 4.55. The molecule has 3 nitrogen and oxygen atoms in total. The van der Waals surface area contributed by atoms with Crippen LogP contribution in [0.25, 0.3) is 0 Å². The van der Waals surface area contributed by atoms with Crippen molar-refractivity contribution in [3.05, 3.63) is 17.5 Å². The van der Waals surface area contributed by atoms with Gasteiger partial charge in [0.25, 0.3) is 0 Å². The first-order chi connectivity index (χ1) is 5.77. The van der Waals surface area contributed by atoms with E-state index in [1.807, 2.05) is 13.0 Å². The number of nitrogens with one attached hydrogen (secondary N) is 1. The minimum atomic E-state index is 0.156. The van der Waals surface area contributed by atoms with Gasteiger partial charge in [0.1, 0.15) is 0 Å². The Morgan fingerprint density at radius 2 is 2.42 bits per heavy atom. The van der Waals surface area contributed by atoms with Crippen LogP contribution in [-0.2, 0) is 0 Å². The van der Waals surface area contributed by atoms with Gasteiger partial charge in [-0.3, -0.25) is 5.10 Å². The van der Waals surface area contributed by atoms with Crippen molar-refractivity contribution in [1.29, 1.82) is 0 Å². The number of H-pyrrole nitrogens is 1. The molecule has 1 fully saturated rings. The first kappa shape index (κ1) is 7.80. The SMILES string of the molecule is Cc1cc(C(N)C2CCC2)n[nH]1. The van der Waals surface area contributed by atoms with Crippen LogP contribution in [0.2, 0.25) is 0 Å². The van der Waals surface area contributed by atoms with Crippen molar-refractivity contribution in [2.45, 2.75) is 32.2 Å². The van der Waals surface area contributed by atoms with Gasteiger partial charge in [-0.25, -0.2) is 0 Å². The van der Waals surface area contributed by atoms with E-state index in [4.69, 9.17) is 5.73 Å². The zero-order valence-corrected chi connectivity index (χ0v) is 7.38. The quantitative estimate of drug-likeness (QED) is 0.698. The summed E-state index contributed by atoms with van der Waals surface area (Å²) in [7, 11) is 0. The molecule has 1 aliphatic rings. The Bertz CT molecular complexity index is 262. The lowest BCUT2D eigenvalue weighted by Crippen LogP contribution is -2.27. The third-order valence-electron chi connectivity index (χ3n) is 2.72. The summed E-state index contributed by atoms with van der Waals surface area (Å²) in [6.45, 7) is 2.00. The van der Waals surface area contributed by atoms with Crippen LogP contribution in [0.1, 0.15) is 36.7 Å². The summed E-state index contributed by atoms with van der Waals surface area (Å²) in [4.78, 5) is 0. The summed E-state index contributed by atoms with van der Waals surface area (Å²) in [5.41, 5.74) is 8.15. The van der Waals surface area contributed by atoms with Crippen molar-refractivity contribution in [1.82, 2.24) is 10.2 Å². The molecule has 0 saturated heterocycles. The molecule has 0 aromatic carbocycles. The van der Waals surface area contributed by atoms with E-state index < -0.39 is 0 Å². The number of nitrogens with zero attached hydrogens (tertiary/aromatic N) is 1. The molecule has 1 saturated carbocycles. The summed E-state index contributed by atoms with van der Waals surface area (Å²) in [6, 6.07) is 2.20. The maximum absolute atomic E-state index is 6.03. The number of aromatic amines is 1. The summed E-state index contributed by atoms with van der Waals surface area (Å²) in [6.07, 6.45) is 3.88. The van der Waals surface area contributed by atoms with E-state index >= 15 is 0 Å². The number of hydrogen-bond donors (Lipinski definition) is 2. The van der Waals surface area contributed by atoms with Gasteiger partial charge in [0.15, 0.2) is 0 Å². The second-order valence-electron chi connectivity index (χ2n) is 3.69. The van der Waals surface area contributed by atoms with Gasteiger partial charge in [-0.15, -0.1) is 0 Å². The molecular formula is C9H15N3. The first-order valence-corrected chi connectivity index (χ1v) is 4.55. The fourth-order valence-corrected chi connectivity index (χ4v) is 1.65. The molecule has 1 heterocycles. The molecule has 3 heteroatoms. The molecule has 0 aliphatic heterocycles. The van der Waals surface area contributed by atoms with E-state index in [-0.39, 0.29) is 6.04 Å². The number of nitrogens with two attached hydrogens (primary N) is 1. The normalized spacial score (nSPS) is 20.5. The minimum Gasteiger partial charge on any atom is -0.322 e. The van der Waals surface area contributed by atoms with E-state index in [1.54, 1.807) is 0 Å². The number of rotatable bonds is 2. The largest absolute Gasteiger partial charge is 0.322 e. The lowest BCUT2D eigenvalue weighted by Gasteiger charge is -2.29. The Morgan fingerprint density at radius 3 is 2.83 bits per heavy atom. The molecule has 3 N–H and O–H groups in total. The fraction of sp³-hybridized carbons (Fsp3) is 0.667. The topological polar surface area (TPSA) is 54.7 Å². The highest BCUT2D eigenvalue weighted by atomic mass is 15.1. The van der Waals surface area contributed by atoms with E-state index in [2.05, 4.69) is 10.2 Å². The Labute approximate surface area is 72.4 Å². The standard InChI is InChI=1S/C9H15N3/c1-6-5-8(12-11-6)9(10)7-3-2-4-7/h5,7,9H,2-4,10H2,1H3,(H,11,12). The molecule has 0 bridgehead atoms. The smallest absolute Gasteiger partial charge is 0.0794 e. The maximum atomic E-state index is 6.03. The van der Waals surface area contributed by atoms with Gasteiger partial charge in [-0.05, 0) is 31.7 Å². The molecule has 1 atom stereocenters. The van der Waals surface area contributed by atoms with Crippen LogP contribution in [0.5, 0.6) is 0 Å². The molecule has 1 aliphatic carbocycles. The summed E-state index contributed by atoms with van der Waals surface area (Å²) < 4.78 is 0. The number of aromatic nitrogens is 2. The summed E-state index contributed by atoms with van der Waals surface area (Å²) in [5, 5.41) is 7.09. The summed E-state index contributed by atoms with van der Waals surface area (Å²) >= 11 is 0. The molecule has 0 amide bonds. The van der Waals surface area contributed by atoms with Gasteiger partial charge in [0.2, 0.25) is 0 Å². The van der Waals surface area contributed by atoms with Crippen molar-refractivity contribution in [3.63, 3.8) is 0 Å². The second kappa shape index (κ2) is 2.90. The highest BCUT2D eigenvalue weighted by Crippen LogP contribution is 2.35. The van der Waals surface area contributed by atoms with Crippen molar-refractivity contribution < 1.29 is 0 Å². The summed E-state index contributed by atoms with van der Waals surface area (Å²) in [5.74, 6) is 0.674. The average molecular weight is 165 g/mol. The van der Waals surface area contributed by atoms with Crippen LogP contribution in [0.4, 0.5) is 0 Å². The van der Waals surface area contributed by atoms with Crippen LogP contribution in [0, 0.1) is 12.8 Å². The van der Waals surface area contributed by atoms with Crippen molar-refractivity contribution in [2.75, 3.05) is 0 Å². The molecule has 2 rings (SSSR count). The Balaban J connectivity index is 2.08. The predicted octanol–water partition coefficient (Wildman–Crippen LogP) is 1.52. The molecule has 0 spiro atoms. The average Bonchev–Trinajstić information content (AvgIpc) is 2.31. The van der Waals surface area contributed by atoms with E-state index in [0.717, 1.165) is 11.4 Å². The van der Waals surface area contributed by atoms with Gasteiger partial charge in [0.05, 0.1) is 11.7 Å². The maximum Gasteiger partial charge on any atom is 0.0794 e. The second-order valence-corrected chi connectivity index (χ2v) is 3.69. The highest BCUT2D eigenvalue weighted by molar-refractivity contribution is 5.12. The predicted molar refractivity (Wildman–Crippen MR) is 47.6 cm³/mol. The Kier molecular flexibility index (Phi) is 1.89. The van der Waals surface area contributed by atoms with Crippen molar-refractivity contribution in [3.8, 4) is 0 Å². The van der Waals surface area contributed by atoms with Gasteiger partial charge < -0.3 is 5.73 Å². The molecular weight excluding hydrogens is 150 g/mol. The lowest BCUT2D eigenvalue weighted by atomic mass is 9.79. The minimum absolute atomic E-state index is 0.156. The number of aryl methyl sites for hydroxylation is 1. The van der Waals surface area contributed by atoms with Gasteiger partial charge in [-0.2, -0.15) is 5.10 Å². The third kappa shape index (κ3) is 1.25. The molecule has 0 radical (unpaired) electrons. The van der Waals surface area contributed by atoms with Crippen LogP contribution in [0.15, 0.2) is 6.07 Å². The van der Waals surface area contributed by atoms with E-state index in [9.17, 15) is 0 Å². The Morgan fingerprint density at radius 1 is 1.67 bits per heavy atom. The highest BCUT2D eigenvalue weighted by Gasteiger charge is 2.26. The Hall–Kier alpha value is -0.830. The zero-order valence-electron chi connectivity index (χ0n) is 7.38. The fourth-order valence-electron chi connectivity index (χ4n) is 1.65. The molecule has 1 aromatic rings. The van der Waals surface area contributed by atoms with Crippen LogP contribution >= 0.6 is 0 Å². The molecule has 66 valence electrons. The van der Waals surface area contributed by atoms with Crippen molar-refractivity contribution >= 4 is 0 Å². The van der Waals surface area contributed by atoms with Gasteiger partial charge >= 0.3 is 0 Å². The third-order valence-corrected chi connectivity index (χ3v) is 2.72. The monoisotopic (exact) mass is 165 g/mol. The zero-order chi connectivity index (χ0) is 8.55. The molecule has 1 aromatic heterocycles. The lowest BCUT2D eigenvalue weighted by molar-refractivity contribution is 0.261. The van der Waals surface area contributed by atoms with E-state index in [1.165, 1.54) is 19.3 Å². The molecule has 1 unspecified atom stereocenters. The van der Waals surface area contributed by atoms with Crippen molar-refractivity contribution in [2.24, 2.45) is 11.7 Å². The van der Waals surface area contributed by atoms with Gasteiger partial charge in [0, 0.05) is 5.69 Å². The molecule has 12 heavy (non-hydrogen) atoms. The van der Waals surface area contributed by atoms with Crippen LogP contribution in [0.3, 0.4) is 0 Å².